The van der Waals surface area contributed by atoms with E-state index < -0.39 is 6.04 Å². The normalized spacial score (nSPS) is 27.1. The zero-order valence-corrected chi connectivity index (χ0v) is 10.3. The fraction of sp³-hybridized carbons (Fsp3) is 0.917. The topological polar surface area (TPSA) is 75.4 Å². The van der Waals surface area contributed by atoms with Crippen molar-refractivity contribution < 1.29 is 9.90 Å². The summed E-state index contributed by atoms with van der Waals surface area (Å²) in [5, 5.41) is 12.1. The van der Waals surface area contributed by atoms with Gasteiger partial charge in [0.1, 0.15) is 0 Å². The van der Waals surface area contributed by atoms with Crippen LogP contribution in [0.5, 0.6) is 0 Å². The number of nitrogens with two attached hydrogens (primary N) is 1. The highest BCUT2D eigenvalue weighted by molar-refractivity contribution is 5.81. The first-order valence-electron chi connectivity index (χ1n) is 6.20. The Labute approximate surface area is 97.6 Å². The summed E-state index contributed by atoms with van der Waals surface area (Å²) in [6.07, 6.45) is 3.33. The van der Waals surface area contributed by atoms with E-state index in [1.807, 2.05) is 13.8 Å². The van der Waals surface area contributed by atoms with E-state index in [0.29, 0.717) is 18.4 Å². The fourth-order valence-electron chi connectivity index (χ4n) is 2.28. The van der Waals surface area contributed by atoms with Crippen molar-refractivity contribution in [2.45, 2.75) is 39.2 Å². The lowest BCUT2D eigenvalue weighted by atomic mass is 9.96. The number of hydrogen-bond acceptors (Lipinski definition) is 3. The van der Waals surface area contributed by atoms with E-state index >= 15 is 0 Å². The number of aliphatic hydroxyl groups is 1. The maximum absolute atomic E-state index is 11.6. The molecule has 3 atom stereocenters. The van der Waals surface area contributed by atoms with Crippen LogP contribution < -0.4 is 11.1 Å². The van der Waals surface area contributed by atoms with Crippen LogP contribution >= 0.6 is 0 Å². The number of hydrogen-bond donors (Lipinski definition) is 3. The van der Waals surface area contributed by atoms with Crippen molar-refractivity contribution in [2.24, 2.45) is 23.5 Å². The second kappa shape index (κ2) is 6.21. The number of carbonyl (C=O) groups is 1. The minimum absolute atomic E-state index is 0.0708. The highest BCUT2D eigenvalue weighted by Gasteiger charge is 2.27. The molecule has 0 aromatic heterocycles. The van der Waals surface area contributed by atoms with Gasteiger partial charge in [0, 0.05) is 13.2 Å². The van der Waals surface area contributed by atoms with Crippen LogP contribution in [0.1, 0.15) is 33.1 Å². The minimum Gasteiger partial charge on any atom is -0.396 e. The molecule has 4 N–H and O–H groups in total. The second-order valence-corrected chi connectivity index (χ2v) is 5.15. The highest BCUT2D eigenvalue weighted by atomic mass is 16.3. The molecule has 1 aliphatic rings. The molecule has 16 heavy (non-hydrogen) atoms. The molecular formula is C12H24N2O2. The molecule has 0 bridgehead atoms. The SMILES string of the molecule is CC(C)[C@@H](N)C(=O)NCC1CCCC1CO. The van der Waals surface area contributed by atoms with Gasteiger partial charge in [-0.15, -0.1) is 0 Å². The van der Waals surface area contributed by atoms with Crippen molar-refractivity contribution in [2.75, 3.05) is 13.2 Å². The van der Waals surface area contributed by atoms with E-state index in [1.165, 1.54) is 0 Å². The van der Waals surface area contributed by atoms with E-state index in [-0.39, 0.29) is 18.4 Å². The third-order valence-electron chi connectivity index (χ3n) is 3.61. The molecule has 0 aliphatic heterocycles. The summed E-state index contributed by atoms with van der Waals surface area (Å²) in [6.45, 7) is 4.77. The van der Waals surface area contributed by atoms with Gasteiger partial charge in [0.25, 0.3) is 0 Å². The molecule has 1 aliphatic carbocycles. The Morgan fingerprint density at radius 2 is 2.06 bits per heavy atom. The van der Waals surface area contributed by atoms with E-state index in [2.05, 4.69) is 5.32 Å². The minimum atomic E-state index is -0.422. The Balaban J connectivity index is 2.31. The van der Waals surface area contributed by atoms with Gasteiger partial charge in [-0.3, -0.25) is 4.79 Å². The molecule has 1 rings (SSSR count). The van der Waals surface area contributed by atoms with Gasteiger partial charge in [-0.1, -0.05) is 20.3 Å². The first-order valence-corrected chi connectivity index (χ1v) is 6.20. The summed E-state index contributed by atoms with van der Waals surface area (Å²) in [6, 6.07) is -0.422. The molecule has 1 amide bonds. The maximum atomic E-state index is 11.6. The summed E-state index contributed by atoms with van der Waals surface area (Å²) in [5.74, 6) is 0.875. The summed E-state index contributed by atoms with van der Waals surface area (Å²) in [4.78, 5) is 11.6. The van der Waals surface area contributed by atoms with Gasteiger partial charge in [0.05, 0.1) is 6.04 Å². The summed E-state index contributed by atoms with van der Waals surface area (Å²) < 4.78 is 0. The molecule has 0 radical (unpaired) electrons. The lowest BCUT2D eigenvalue weighted by molar-refractivity contribution is -0.123. The summed E-state index contributed by atoms with van der Waals surface area (Å²) in [7, 11) is 0. The molecule has 2 unspecified atom stereocenters. The van der Waals surface area contributed by atoms with Crippen LogP contribution in [0.2, 0.25) is 0 Å². The van der Waals surface area contributed by atoms with Crippen molar-refractivity contribution in [3.05, 3.63) is 0 Å². The van der Waals surface area contributed by atoms with Crippen molar-refractivity contribution in [3.63, 3.8) is 0 Å². The molecule has 0 aromatic carbocycles. The van der Waals surface area contributed by atoms with Crippen LogP contribution in [0.3, 0.4) is 0 Å². The van der Waals surface area contributed by atoms with Crippen molar-refractivity contribution >= 4 is 5.91 Å². The van der Waals surface area contributed by atoms with Gasteiger partial charge in [-0.2, -0.15) is 0 Å². The number of aliphatic hydroxyl groups excluding tert-OH is 1. The van der Waals surface area contributed by atoms with Crippen LogP contribution in [0, 0.1) is 17.8 Å². The van der Waals surface area contributed by atoms with E-state index in [9.17, 15) is 4.79 Å². The second-order valence-electron chi connectivity index (χ2n) is 5.15. The molecule has 1 fully saturated rings. The Kier molecular flexibility index (Phi) is 5.22. The van der Waals surface area contributed by atoms with Gasteiger partial charge >= 0.3 is 0 Å². The predicted octanol–water partition coefficient (Wildman–Crippen LogP) is 0.494. The Hall–Kier alpha value is -0.610. The van der Waals surface area contributed by atoms with Gasteiger partial charge in [-0.25, -0.2) is 0 Å². The standard InChI is InChI=1S/C12H24N2O2/c1-8(2)11(13)12(16)14-6-9-4-3-5-10(9)7-15/h8-11,15H,3-7,13H2,1-2H3,(H,14,16)/t9?,10?,11-/m1/s1. The molecule has 0 heterocycles. The highest BCUT2D eigenvalue weighted by Crippen LogP contribution is 2.30. The zero-order valence-electron chi connectivity index (χ0n) is 10.3. The molecule has 4 heteroatoms. The third kappa shape index (κ3) is 3.46. The number of nitrogens with one attached hydrogen (secondary N) is 1. The number of rotatable bonds is 5. The van der Waals surface area contributed by atoms with Crippen LogP contribution in [-0.4, -0.2) is 30.2 Å². The maximum Gasteiger partial charge on any atom is 0.237 e. The first kappa shape index (κ1) is 13.5. The Morgan fingerprint density at radius 1 is 1.44 bits per heavy atom. The summed E-state index contributed by atoms with van der Waals surface area (Å²) >= 11 is 0. The average molecular weight is 228 g/mol. The number of carbonyl (C=O) groups excluding carboxylic acids is 1. The fourth-order valence-corrected chi connectivity index (χ4v) is 2.28. The van der Waals surface area contributed by atoms with E-state index in [0.717, 1.165) is 19.3 Å². The van der Waals surface area contributed by atoms with Crippen molar-refractivity contribution in [3.8, 4) is 0 Å². The lowest BCUT2D eigenvalue weighted by Gasteiger charge is -2.20. The molecule has 1 saturated carbocycles. The third-order valence-corrected chi connectivity index (χ3v) is 3.61. The molecule has 4 nitrogen and oxygen atoms in total. The van der Waals surface area contributed by atoms with Gasteiger partial charge in [-0.05, 0) is 30.6 Å². The largest absolute Gasteiger partial charge is 0.396 e. The molecule has 0 saturated heterocycles. The van der Waals surface area contributed by atoms with Crippen LogP contribution in [0.4, 0.5) is 0 Å². The van der Waals surface area contributed by atoms with Crippen molar-refractivity contribution in [1.82, 2.24) is 5.32 Å². The molecule has 94 valence electrons. The Bertz CT molecular complexity index is 231. The van der Waals surface area contributed by atoms with Crippen LogP contribution in [0.25, 0.3) is 0 Å². The van der Waals surface area contributed by atoms with Crippen molar-refractivity contribution in [1.29, 1.82) is 0 Å². The first-order chi connectivity index (χ1) is 7.56. The number of amides is 1. The lowest BCUT2D eigenvalue weighted by Crippen LogP contribution is -2.45. The quantitative estimate of drug-likeness (QED) is 0.641. The van der Waals surface area contributed by atoms with E-state index in [1.54, 1.807) is 0 Å². The smallest absolute Gasteiger partial charge is 0.237 e. The molecule has 0 aromatic rings. The van der Waals surface area contributed by atoms with Gasteiger partial charge in [0.15, 0.2) is 0 Å². The molecular weight excluding hydrogens is 204 g/mol. The monoisotopic (exact) mass is 228 g/mol. The predicted molar refractivity (Wildman–Crippen MR) is 63.7 cm³/mol. The molecule has 0 spiro atoms. The summed E-state index contributed by atoms with van der Waals surface area (Å²) in [5.41, 5.74) is 5.75. The van der Waals surface area contributed by atoms with Crippen LogP contribution in [-0.2, 0) is 4.79 Å². The Morgan fingerprint density at radius 3 is 2.62 bits per heavy atom. The van der Waals surface area contributed by atoms with E-state index in [4.69, 9.17) is 10.8 Å². The zero-order chi connectivity index (χ0) is 12.1. The van der Waals surface area contributed by atoms with Gasteiger partial charge < -0.3 is 16.2 Å². The average Bonchev–Trinajstić information content (AvgIpc) is 2.71. The van der Waals surface area contributed by atoms with Crippen LogP contribution in [0.15, 0.2) is 0 Å². The van der Waals surface area contributed by atoms with Gasteiger partial charge in [0.2, 0.25) is 5.91 Å².